The molecule has 1 N–H and O–H groups in total. The van der Waals surface area contributed by atoms with E-state index in [0.29, 0.717) is 24.4 Å². The van der Waals surface area contributed by atoms with Gasteiger partial charge in [-0.15, -0.1) is 0 Å². The number of guanidine groups is 1. The second-order valence-corrected chi connectivity index (χ2v) is 10.9. The molecule has 27 heavy (non-hydrogen) atoms. The molecule has 0 aromatic heterocycles. The van der Waals surface area contributed by atoms with E-state index in [9.17, 15) is 8.42 Å². The Bertz CT molecular complexity index is 611. The first-order valence-corrected chi connectivity index (χ1v) is 12.8. The van der Waals surface area contributed by atoms with Gasteiger partial charge >= 0.3 is 0 Å². The van der Waals surface area contributed by atoms with Gasteiger partial charge in [0.15, 0.2) is 5.96 Å². The summed E-state index contributed by atoms with van der Waals surface area (Å²) in [5, 5.41) is 3.50. The monoisotopic (exact) mass is 398 g/mol. The molecule has 2 heterocycles. The fourth-order valence-electron chi connectivity index (χ4n) is 5.16. The van der Waals surface area contributed by atoms with Crippen molar-refractivity contribution in [3.05, 3.63) is 0 Å². The largest absolute Gasteiger partial charge is 0.357 e. The van der Waals surface area contributed by atoms with Crippen LogP contribution in [0.15, 0.2) is 4.99 Å². The molecule has 1 saturated carbocycles. The van der Waals surface area contributed by atoms with Crippen LogP contribution in [0, 0.1) is 11.3 Å². The Morgan fingerprint density at radius 3 is 2.44 bits per heavy atom. The van der Waals surface area contributed by atoms with Crippen molar-refractivity contribution in [3.63, 3.8) is 0 Å². The number of hydrogen-bond donors (Lipinski definition) is 1. The van der Waals surface area contributed by atoms with Crippen molar-refractivity contribution in [2.24, 2.45) is 16.3 Å². The van der Waals surface area contributed by atoms with Gasteiger partial charge in [-0.25, -0.2) is 12.7 Å². The first-order chi connectivity index (χ1) is 12.9. The molecule has 3 aliphatic rings. The molecule has 6 nitrogen and oxygen atoms in total. The normalized spacial score (nSPS) is 27.7. The Labute approximate surface area is 165 Å². The van der Waals surface area contributed by atoms with Gasteiger partial charge in [-0.3, -0.25) is 4.99 Å². The van der Waals surface area contributed by atoms with Gasteiger partial charge in [0, 0.05) is 39.3 Å². The van der Waals surface area contributed by atoms with Gasteiger partial charge in [0.1, 0.15) is 0 Å². The van der Waals surface area contributed by atoms with Crippen LogP contribution in [0.3, 0.4) is 0 Å². The first-order valence-electron chi connectivity index (χ1n) is 10.9. The van der Waals surface area contributed by atoms with Gasteiger partial charge in [0.05, 0.1) is 6.26 Å². The van der Waals surface area contributed by atoms with E-state index >= 15 is 0 Å². The zero-order chi connectivity index (χ0) is 19.3. The molecule has 0 amide bonds. The van der Waals surface area contributed by atoms with Gasteiger partial charge in [0.2, 0.25) is 10.0 Å². The Kier molecular flexibility index (Phi) is 7.06. The van der Waals surface area contributed by atoms with Crippen molar-refractivity contribution in [2.75, 3.05) is 45.5 Å². The highest BCUT2D eigenvalue weighted by molar-refractivity contribution is 7.88. The predicted octanol–water partition coefficient (Wildman–Crippen LogP) is 2.67. The highest BCUT2D eigenvalue weighted by atomic mass is 32.2. The second kappa shape index (κ2) is 9.12. The van der Waals surface area contributed by atoms with E-state index in [1.165, 1.54) is 57.6 Å². The lowest BCUT2D eigenvalue weighted by atomic mass is 9.74. The molecule has 0 aromatic carbocycles. The van der Waals surface area contributed by atoms with E-state index < -0.39 is 10.0 Å². The van der Waals surface area contributed by atoms with Crippen LogP contribution in [-0.2, 0) is 10.0 Å². The summed E-state index contributed by atoms with van der Waals surface area (Å²) >= 11 is 0. The van der Waals surface area contributed by atoms with Crippen LogP contribution >= 0.6 is 0 Å². The van der Waals surface area contributed by atoms with Crippen LogP contribution in [0.5, 0.6) is 0 Å². The van der Waals surface area contributed by atoms with Gasteiger partial charge in [-0.05, 0) is 50.4 Å². The van der Waals surface area contributed by atoms with E-state index in [2.05, 4.69) is 17.1 Å². The minimum atomic E-state index is -3.07. The Morgan fingerprint density at radius 2 is 1.81 bits per heavy atom. The first kappa shape index (κ1) is 20.9. The van der Waals surface area contributed by atoms with Gasteiger partial charge in [-0.1, -0.05) is 25.7 Å². The van der Waals surface area contributed by atoms with Crippen LogP contribution in [-0.4, -0.2) is 69.1 Å². The number of nitrogens with zero attached hydrogens (tertiary/aromatic N) is 3. The molecule has 0 aromatic rings. The number of likely N-dealkylation sites (tertiary alicyclic amines) is 1. The molecule has 156 valence electrons. The highest BCUT2D eigenvalue weighted by Crippen LogP contribution is 2.42. The maximum absolute atomic E-state index is 11.7. The molecule has 3 rings (SSSR count). The summed E-state index contributed by atoms with van der Waals surface area (Å²) in [6, 6.07) is 0. The third kappa shape index (κ3) is 5.59. The number of piperidine rings is 1. The Hall–Kier alpha value is -0.820. The van der Waals surface area contributed by atoms with E-state index in [-0.39, 0.29) is 0 Å². The average molecular weight is 399 g/mol. The van der Waals surface area contributed by atoms with Crippen molar-refractivity contribution >= 4 is 16.0 Å². The highest BCUT2D eigenvalue weighted by Gasteiger charge is 2.36. The molecule has 1 unspecified atom stereocenters. The van der Waals surface area contributed by atoms with E-state index in [1.54, 1.807) is 4.31 Å². The summed E-state index contributed by atoms with van der Waals surface area (Å²) in [7, 11) is -3.07. The number of sulfonamides is 1. The molecule has 3 fully saturated rings. The standard InChI is InChI=1S/C20H38N4O2S/c1-3-21-19(22-15-18-9-14-24(16-18)27(2,25)26)23-13-8-12-20(17-23)10-6-4-5-7-11-20/h18H,3-17H2,1-2H3,(H,21,22). The third-order valence-corrected chi connectivity index (χ3v) is 7.95. The van der Waals surface area contributed by atoms with Crippen LogP contribution < -0.4 is 5.32 Å². The van der Waals surface area contributed by atoms with Crippen LogP contribution in [0.1, 0.15) is 64.7 Å². The third-order valence-electron chi connectivity index (χ3n) is 6.68. The molecular weight excluding hydrogens is 360 g/mol. The van der Waals surface area contributed by atoms with Gasteiger partial charge in [-0.2, -0.15) is 0 Å². The topological polar surface area (TPSA) is 65.0 Å². The van der Waals surface area contributed by atoms with Crippen LogP contribution in [0.2, 0.25) is 0 Å². The Morgan fingerprint density at radius 1 is 1.11 bits per heavy atom. The van der Waals surface area contributed by atoms with Crippen molar-refractivity contribution in [1.82, 2.24) is 14.5 Å². The zero-order valence-corrected chi connectivity index (χ0v) is 18.1. The lowest BCUT2D eigenvalue weighted by molar-refractivity contribution is 0.115. The molecular formula is C20H38N4O2S. The zero-order valence-electron chi connectivity index (χ0n) is 17.3. The average Bonchev–Trinajstić information content (AvgIpc) is 3.01. The number of hydrogen-bond acceptors (Lipinski definition) is 3. The number of nitrogens with one attached hydrogen (secondary N) is 1. The fraction of sp³-hybridized carbons (Fsp3) is 0.950. The molecule has 1 spiro atoms. The van der Waals surface area contributed by atoms with Crippen molar-refractivity contribution in [3.8, 4) is 0 Å². The summed E-state index contributed by atoms with van der Waals surface area (Å²) in [6.07, 6.45) is 13.1. The van der Waals surface area contributed by atoms with Crippen LogP contribution in [0.4, 0.5) is 0 Å². The van der Waals surface area contributed by atoms with E-state index in [4.69, 9.17) is 4.99 Å². The molecule has 2 aliphatic heterocycles. The van der Waals surface area contributed by atoms with Gasteiger partial charge in [0.25, 0.3) is 0 Å². The smallest absolute Gasteiger partial charge is 0.211 e. The van der Waals surface area contributed by atoms with E-state index in [1.807, 2.05) is 0 Å². The summed E-state index contributed by atoms with van der Waals surface area (Å²) in [6.45, 7) is 7.21. The number of rotatable bonds is 4. The summed E-state index contributed by atoms with van der Waals surface area (Å²) in [5.41, 5.74) is 0.491. The quantitative estimate of drug-likeness (QED) is 0.584. The van der Waals surface area contributed by atoms with Crippen molar-refractivity contribution in [2.45, 2.75) is 64.7 Å². The molecule has 1 atom stereocenters. The predicted molar refractivity (Wildman–Crippen MR) is 111 cm³/mol. The van der Waals surface area contributed by atoms with Crippen molar-refractivity contribution < 1.29 is 8.42 Å². The molecule has 1 aliphatic carbocycles. The minimum Gasteiger partial charge on any atom is -0.357 e. The summed E-state index contributed by atoms with van der Waals surface area (Å²) < 4.78 is 25.1. The maximum atomic E-state index is 11.7. The fourth-order valence-corrected chi connectivity index (χ4v) is 6.08. The van der Waals surface area contributed by atoms with Gasteiger partial charge < -0.3 is 10.2 Å². The molecule has 0 bridgehead atoms. The van der Waals surface area contributed by atoms with E-state index in [0.717, 1.165) is 38.6 Å². The maximum Gasteiger partial charge on any atom is 0.211 e. The summed E-state index contributed by atoms with van der Waals surface area (Å²) in [4.78, 5) is 7.43. The Balaban J connectivity index is 1.63. The lowest BCUT2D eigenvalue weighted by Crippen LogP contribution is -2.50. The molecule has 0 radical (unpaired) electrons. The summed E-state index contributed by atoms with van der Waals surface area (Å²) in [5.74, 6) is 1.38. The lowest BCUT2D eigenvalue weighted by Gasteiger charge is -2.44. The second-order valence-electron chi connectivity index (χ2n) is 8.91. The molecule has 7 heteroatoms. The SMILES string of the molecule is CCNC(=NCC1CCN(S(C)(=O)=O)C1)N1CCCC2(CCCCCC2)C1. The number of aliphatic imine (C=N–C) groups is 1. The molecule has 2 saturated heterocycles. The van der Waals surface area contributed by atoms with Crippen LogP contribution in [0.25, 0.3) is 0 Å². The minimum absolute atomic E-state index is 0.338. The van der Waals surface area contributed by atoms with Crippen molar-refractivity contribution in [1.29, 1.82) is 0 Å².